The molecule has 1 fully saturated rings. The standard InChI is InChI=1S/C17H17ClN4O.2ClH/c18-13-1-2-15-14(10-13)16(9-12-3-7-23-8-4-12)21-17(20-15)22-6-5-19-11-22;;/h1-2,5-6,10-12H,3-4,7-9H2;2*1H. The van der Waals surface area contributed by atoms with Crippen LogP contribution in [0.4, 0.5) is 0 Å². The maximum absolute atomic E-state index is 6.18. The van der Waals surface area contributed by atoms with Crippen LogP contribution in [0.15, 0.2) is 36.9 Å². The average molecular weight is 402 g/mol. The first kappa shape index (κ1) is 19.9. The molecule has 0 N–H and O–H groups in total. The molecule has 3 heterocycles. The van der Waals surface area contributed by atoms with E-state index in [1.807, 2.05) is 29.0 Å². The first-order valence-electron chi connectivity index (χ1n) is 7.82. The van der Waals surface area contributed by atoms with E-state index in [1.165, 1.54) is 0 Å². The van der Waals surface area contributed by atoms with Crippen molar-refractivity contribution in [3.63, 3.8) is 0 Å². The van der Waals surface area contributed by atoms with E-state index in [9.17, 15) is 0 Å². The van der Waals surface area contributed by atoms with Gasteiger partial charge in [-0.15, -0.1) is 24.8 Å². The normalized spacial score (nSPS) is 14.8. The molecule has 8 heteroatoms. The Hall–Kier alpha value is -1.40. The molecule has 1 aliphatic rings. The summed E-state index contributed by atoms with van der Waals surface area (Å²) in [7, 11) is 0. The number of aromatic nitrogens is 4. The number of hydrogen-bond donors (Lipinski definition) is 0. The predicted molar refractivity (Wildman–Crippen MR) is 103 cm³/mol. The van der Waals surface area contributed by atoms with Gasteiger partial charge in [-0.25, -0.2) is 15.0 Å². The Bertz CT molecular complexity index is 820. The van der Waals surface area contributed by atoms with Gasteiger partial charge >= 0.3 is 0 Å². The minimum atomic E-state index is 0. The summed E-state index contributed by atoms with van der Waals surface area (Å²) in [5, 5.41) is 1.75. The van der Waals surface area contributed by atoms with E-state index >= 15 is 0 Å². The number of nitrogens with zero attached hydrogens (tertiary/aromatic N) is 4. The van der Waals surface area contributed by atoms with Crippen molar-refractivity contribution in [1.82, 2.24) is 19.5 Å². The molecular formula is C17H19Cl3N4O. The highest BCUT2D eigenvalue weighted by atomic mass is 35.5. The van der Waals surface area contributed by atoms with Crippen molar-refractivity contribution in [2.75, 3.05) is 13.2 Å². The monoisotopic (exact) mass is 400 g/mol. The maximum Gasteiger partial charge on any atom is 0.235 e. The second-order valence-corrected chi connectivity index (χ2v) is 6.30. The topological polar surface area (TPSA) is 52.8 Å². The van der Waals surface area contributed by atoms with E-state index in [-0.39, 0.29) is 24.8 Å². The molecule has 0 radical (unpaired) electrons. The predicted octanol–water partition coefficient (Wildman–Crippen LogP) is 4.28. The van der Waals surface area contributed by atoms with Crippen molar-refractivity contribution in [2.45, 2.75) is 19.3 Å². The number of rotatable bonds is 3. The minimum Gasteiger partial charge on any atom is -0.381 e. The van der Waals surface area contributed by atoms with Gasteiger partial charge in [-0.3, -0.25) is 4.57 Å². The molecule has 0 bridgehead atoms. The van der Waals surface area contributed by atoms with Crippen molar-refractivity contribution in [2.24, 2.45) is 5.92 Å². The Balaban J connectivity index is 0.00000113. The second-order valence-electron chi connectivity index (χ2n) is 5.86. The maximum atomic E-state index is 6.18. The number of fused-ring (bicyclic) bond motifs is 1. The Kier molecular flexibility index (Phi) is 7.02. The van der Waals surface area contributed by atoms with Crippen molar-refractivity contribution < 1.29 is 4.74 Å². The third-order valence-corrected chi connectivity index (χ3v) is 4.52. The molecule has 4 rings (SSSR count). The fraction of sp³-hybridized carbons (Fsp3) is 0.353. The Morgan fingerprint density at radius 3 is 2.68 bits per heavy atom. The zero-order chi connectivity index (χ0) is 15.6. The molecule has 0 saturated carbocycles. The number of benzene rings is 1. The number of hydrogen-bond acceptors (Lipinski definition) is 4. The summed E-state index contributed by atoms with van der Waals surface area (Å²) < 4.78 is 7.30. The number of halogens is 3. The van der Waals surface area contributed by atoms with Crippen LogP contribution < -0.4 is 0 Å². The van der Waals surface area contributed by atoms with Crippen LogP contribution in [0.25, 0.3) is 16.9 Å². The first-order chi connectivity index (χ1) is 11.3. The van der Waals surface area contributed by atoms with Crippen LogP contribution in [-0.2, 0) is 11.2 Å². The highest BCUT2D eigenvalue weighted by Crippen LogP contribution is 2.26. The molecule has 3 aromatic rings. The van der Waals surface area contributed by atoms with Gasteiger partial charge in [0, 0.05) is 36.0 Å². The quantitative estimate of drug-likeness (QED) is 0.657. The number of ether oxygens (including phenoxy) is 1. The lowest BCUT2D eigenvalue weighted by atomic mass is 9.93. The summed E-state index contributed by atoms with van der Waals surface area (Å²) in [6.07, 6.45) is 8.38. The van der Waals surface area contributed by atoms with Crippen LogP contribution in [0.2, 0.25) is 5.02 Å². The summed E-state index contributed by atoms with van der Waals surface area (Å²) in [5.74, 6) is 1.25. The summed E-state index contributed by atoms with van der Waals surface area (Å²) in [6, 6.07) is 5.78. The van der Waals surface area contributed by atoms with Crippen LogP contribution in [0.1, 0.15) is 18.5 Å². The highest BCUT2D eigenvalue weighted by molar-refractivity contribution is 6.31. The largest absolute Gasteiger partial charge is 0.381 e. The van der Waals surface area contributed by atoms with Crippen LogP contribution in [0.3, 0.4) is 0 Å². The van der Waals surface area contributed by atoms with E-state index < -0.39 is 0 Å². The van der Waals surface area contributed by atoms with Gasteiger partial charge in [0.15, 0.2) is 0 Å². The smallest absolute Gasteiger partial charge is 0.235 e. The first-order valence-corrected chi connectivity index (χ1v) is 8.19. The Morgan fingerprint density at radius 1 is 1.16 bits per heavy atom. The Morgan fingerprint density at radius 2 is 1.96 bits per heavy atom. The third kappa shape index (κ3) is 4.42. The van der Waals surface area contributed by atoms with Gasteiger partial charge in [0.2, 0.25) is 5.95 Å². The second kappa shape index (κ2) is 8.81. The molecule has 0 atom stereocenters. The lowest BCUT2D eigenvalue weighted by Crippen LogP contribution is -2.18. The van der Waals surface area contributed by atoms with Crippen molar-refractivity contribution in [3.05, 3.63) is 47.6 Å². The molecule has 1 saturated heterocycles. The van der Waals surface area contributed by atoms with E-state index in [0.29, 0.717) is 16.9 Å². The van der Waals surface area contributed by atoms with Gasteiger partial charge in [-0.05, 0) is 43.4 Å². The molecular weight excluding hydrogens is 383 g/mol. The minimum absolute atomic E-state index is 0. The highest BCUT2D eigenvalue weighted by Gasteiger charge is 2.18. The molecule has 0 aliphatic carbocycles. The molecule has 0 unspecified atom stereocenters. The van der Waals surface area contributed by atoms with Crippen LogP contribution >= 0.6 is 36.4 Å². The Labute approximate surface area is 163 Å². The van der Waals surface area contributed by atoms with E-state index in [0.717, 1.165) is 49.1 Å². The molecule has 25 heavy (non-hydrogen) atoms. The molecule has 2 aromatic heterocycles. The molecule has 5 nitrogen and oxygen atoms in total. The van der Waals surface area contributed by atoms with Gasteiger partial charge < -0.3 is 4.74 Å². The third-order valence-electron chi connectivity index (χ3n) is 4.28. The van der Waals surface area contributed by atoms with Crippen LogP contribution in [0.5, 0.6) is 0 Å². The van der Waals surface area contributed by atoms with E-state index in [1.54, 1.807) is 12.5 Å². The molecule has 1 aromatic carbocycles. The fourth-order valence-electron chi connectivity index (χ4n) is 3.02. The van der Waals surface area contributed by atoms with Crippen LogP contribution in [-0.4, -0.2) is 32.7 Å². The number of imidazole rings is 1. The zero-order valence-electron chi connectivity index (χ0n) is 13.5. The average Bonchev–Trinajstić information content (AvgIpc) is 3.11. The van der Waals surface area contributed by atoms with Crippen molar-refractivity contribution >= 4 is 47.3 Å². The van der Waals surface area contributed by atoms with Gasteiger partial charge in [0.25, 0.3) is 0 Å². The SMILES string of the molecule is Cl.Cl.Clc1ccc2nc(-n3ccnc3)nc(CC3CCOCC3)c2c1. The fourth-order valence-corrected chi connectivity index (χ4v) is 3.20. The van der Waals surface area contributed by atoms with Crippen LogP contribution in [0, 0.1) is 5.92 Å². The summed E-state index contributed by atoms with van der Waals surface area (Å²) in [4.78, 5) is 13.5. The van der Waals surface area contributed by atoms with E-state index in [4.69, 9.17) is 21.3 Å². The van der Waals surface area contributed by atoms with Gasteiger partial charge in [0.05, 0.1) is 11.2 Å². The van der Waals surface area contributed by atoms with Crippen molar-refractivity contribution in [1.29, 1.82) is 0 Å². The van der Waals surface area contributed by atoms with Gasteiger partial charge in [-0.2, -0.15) is 0 Å². The molecule has 134 valence electrons. The molecule has 0 spiro atoms. The summed E-state index contributed by atoms with van der Waals surface area (Å²) in [5.41, 5.74) is 1.96. The molecule has 1 aliphatic heterocycles. The van der Waals surface area contributed by atoms with Crippen molar-refractivity contribution in [3.8, 4) is 5.95 Å². The lowest BCUT2D eigenvalue weighted by Gasteiger charge is -2.22. The zero-order valence-corrected chi connectivity index (χ0v) is 15.9. The van der Waals surface area contributed by atoms with Gasteiger partial charge in [-0.1, -0.05) is 11.6 Å². The summed E-state index contributed by atoms with van der Waals surface area (Å²) in [6.45, 7) is 1.67. The van der Waals surface area contributed by atoms with Gasteiger partial charge in [0.1, 0.15) is 6.33 Å². The molecule has 0 amide bonds. The van der Waals surface area contributed by atoms with E-state index in [2.05, 4.69) is 9.97 Å². The summed E-state index contributed by atoms with van der Waals surface area (Å²) >= 11 is 6.18. The lowest BCUT2D eigenvalue weighted by molar-refractivity contribution is 0.0663.